The van der Waals surface area contributed by atoms with Gasteiger partial charge in [0.05, 0.1) is 18.1 Å². The highest BCUT2D eigenvalue weighted by molar-refractivity contribution is 6.38. The van der Waals surface area contributed by atoms with Crippen molar-refractivity contribution in [2.45, 2.75) is 38.1 Å². The van der Waals surface area contributed by atoms with Crippen LogP contribution in [0.25, 0.3) is 11.0 Å². The lowest BCUT2D eigenvalue weighted by Crippen LogP contribution is -2.50. The molecule has 12 heteroatoms. The lowest BCUT2D eigenvalue weighted by atomic mass is 9.91. The molecule has 5 rings (SSSR count). The maximum Gasteiger partial charge on any atom is 0.322 e. The number of likely N-dealkylation sites (tertiary alicyclic amines) is 1. The second-order valence-corrected chi connectivity index (χ2v) is 9.72. The van der Waals surface area contributed by atoms with Gasteiger partial charge < -0.3 is 24.8 Å². The average Bonchev–Trinajstić information content (AvgIpc) is 3.28. The van der Waals surface area contributed by atoms with Crippen LogP contribution in [0.1, 0.15) is 41.6 Å². The summed E-state index contributed by atoms with van der Waals surface area (Å²) in [7, 11) is 7.67. The molecule has 1 aromatic heterocycles. The molecule has 2 aliphatic heterocycles. The molecule has 3 heterocycles. The van der Waals surface area contributed by atoms with Crippen molar-refractivity contribution in [3.05, 3.63) is 41.5 Å². The summed E-state index contributed by atoms with van der Waals surface area (Å²) >= 11 is 0. The number of aromatic amines is 1. The normalized spacial score (nSPS) is 15.7. The molecule has 2 aromatic carbocycles. The van der Waals surface area contributed by atoms with E-state index in [9.17, 15) is 14.4 Å². The van der Waals surface area contributed by atoms with Gasteiger partial charge in [0.25, 0.3) is 0 Å². The summed E-state index contributed by atoms with van der Waals surface area (Å²) in [5, 5.41) is 14.2. The van der Waals surface area contributed by atoms with Gasteiger partial charge in [-0.3, -0.25) is 14.9 Å². The monoisotopic (exact) mass is 525 g/mol. The second kappa shape index (κ2) is 11.1. The van der Waals surface area contributed by atoms with Crippen molar-refractivity contribution in [2.75, 3.05) is 37.4 Å². The summed E-state index contributed by atoms with van der Waals surface area (Å²) in [4.78, 5) is 49.4. The smallest absolute Gasteiger partial charge is 0.322 e. The van der Waals surface area contributed by atoms with Crippen LogP contribution < -0.4 is 20.8 Å². The fraction of sp³-hybridized carbons (Fsp3) is 0.370. The molecular formula is C27H28BN7O4. The molecule has 0 aliphatic carbocycles. The number of rotatable bonds is 7. The fourth-order valence-corrected chi connectivity index (χ4v) is 5.27. The number of piperidine rings is 1. The Labute approximate surface area is 226 Å². The molecule has 0 saturated carbocycles. The van der Waals surface area contributed by atoms with Gasteiger partial charge in [-0.15, -0.1) is 0 Å². The van der Waals surface area contributed by atoms with Crippen molar-refractivity contribution >= 4 is 53.7 Å². The molecule has 3 amide bonds. The largest absolute Gasteiger partial charge is 0.497 e. The summed E-state index contributed by atoms with van der Waals surface area (Å²) < 4.78 is 5.31. The number of benzene rings is 2. The van der Waals surface area contributed by atoms with Crippen LogP contribution in [0.2, 0.25) is 0 Å². The SMILES string of the molecule is [B]c1cc(C(=O)CCC(=O)N2CCC(N3CCc4cc(OC)ccc4NC3=O)CC2)cc2[nH]c(NC#N)nc12. The summed E-state index contributed by atoms with van der Waals surface area (Å²) in [5.74, 6) is 0.713. The fourth-order valence-electron chi connectivity index (χ4n) is 5.27. The molecule has 11 nitrogen and oxygen atoms in total. The Morgan fingerprint density at radius 3 is 2.74 bits per heavy atom. The number of nitriles is 1. The molecule has 2 radical (unpaired) electrons. The van der Waals surface area contributed by atoms with Gasteiger partial charge in [0.2, 0.25) is 11.9 Å². The Bertz CT molecular complexity index is 1470. The predicted octanol–water partition coefficient (Wildman–Crippen LogP) is 2.30. The zero-order valence-corrected chi connectivity index (χ0v) is 21.6. The van der Waals surface area contributed by atoms with Crippen LogP contribution in [-0.2, 0) is 11.2 Å². The molecule has 1 saturated heterocycles. The van der Waals surface area contributed by atoms with E-state index in [1.165, 1.54) is 6.07 Å². The van der Waals surface area contributed by atoms with Crippen LogP contribution in [-0.4, -0.2) is 78.1 Å². The number of carbonyl (C=O) groups excluding carboxylic acids is 3. The number of aromatic nitrogens is 2. The topological polar surface area (TPSA) is 143 Å². The van der Waals surface area contributed by atoms with E-state index >= 15 is 0 Å². The number of anilines is 2. The van der Waals surface area contributed by atoms with E-state index in [0.29, 0.717) is 54.5 Å². The van der Waals surface area contributed by atoms with E-state index in [-0.39, 0.29) is 42.6 Å². The molecule has 3 N–H and O–H groups in total. The van der Waals surface area contributed by atoms with Crippen molar-refractivity contribution < 1.29 is 19.1 Å². The third-order valence-corrected chi connectivity index (χ3v) is 7.37. The van der Waals surface area contributed by atoms with Crippen LogP contribution in [0.3, 0.4) is 0 Å². The summed E-state index contributed by atoms with van der Waals surface area (Å²) in [5.41, 5.74) is 3.52. The minimum absolute atomic E-state index is 0.0383. The third kappa shape index (κ3) is 5.52. The van der Waals surface area contributed by atoms with Crippen LogP contribution in [0.4, 0.5) is 16.4 Å². The number of nitrogens with one attached hydrogen (secondary N) is 3. The number of ketones is 1. The Hall–Kier alpha value is -4.53. The molecular weight excluding hydrogens is 497 g/mol. The molecule has 1 fully saturated rings. The van der Waals surface area contributed by atoms with Gasteiger partial charge >= 0.3 is 6.03 Å². The quantitative estimate of drug-likeness (QED) is 0.186. The number of nitrogens with zero attached hydrogens (tertiary/aromatic N) is 4. The number of carbonyl (C=O) groups is 3. The highest BCUT2D eigenvalue weighted by Crippen LogP contribution is 2.28. The highest BCUT2D eigenvalue weighted by atomic mass is 16.5. The van der Waals surface area contributed by atoms with E-state index in [1.807, 2.05) is 23.1 Å². The maximum absolute atomic E-state index is 12.9. The van der Waals surface area contributed by atoms with Crippen molar-refractivity contribution in [3.8, 4) is 11.9 Å². The maximum atomic E-state index is 12.9. The first-order chi connectivity index (χ1) is 18.9. The number of hydrogen-bond acceptors (Lipinski definition) is 7. The molecule has 0 unspecified atom stereocenters. The average molecular weight is 525 g/mol. The molecule has 198 valence electrons. The lowest BCUT2D eigenvalue weighted by Gasteiger charge is -2.38. The molecule has 2 aliphatic rings. The molecule has 0 spiro atoms. The number of amides is 3. The van der Waals surface area contributed by atoms with E-state index in [2.05, 4.69) is 20.6 Å². The number of H-pyrrole nitrogens is 1. The van der Waals surface area contributed by atoms with E-state index in [0.717, 1.165) is 23.4 Å². The van der Waals surface area contributed by atoms with Crippen molar-refractivity contribution in [2.24, 2.45) is 0 Å². The van der Waals surface area contributed by atoms with Crippen molar-refractivity contribution in [1.82, 2.24) is 19.8 Å². The lowest BCUT2D eigenvalue weighted by molar-refractivity contribution is -0.132. The summed E-state index contributed by atoms with van der Waals surface area (Å²) in [6.45, 7) is 1.66. The van der Waals surface area contributed by atoms with Gasteiger partial charge in [0.15, 0.2) is 12.0 Å². The third-order valence-electron chi connectivity index (χ3n) is 7.37. The van der Waals surface area contributed by atoms with Crippen LogP contribution in [0.15, 0.2) is 30.3 Å². The Balaban J connectivity index is 1.14. The minimum atomic E-state index is -0.200. The van der Waals surface area contributed by atoms with Gasteiger partial charge in [0.1, 0.15) is 13.6 Å². The Morgan fingerprint density at radius 1 is 1.21 bits per heavy atom. The zero-order valence-electron chi connectivity index (χ0n) is 21.6. The molecule has 39 heavy (non-hydrogen) atoms. The number of Topliss-reactive ketones (excluding diaryl/α,β-unsaturated/α-hetero) is 1. The number of hydrogen-bond donors (Lipinski definition) is 3. The first-order valence-corrected chi connectivity index (χ1v) is 12.9. The molecule has 3 aromatic rings. The van der Waals surface area contributed by atoms with Crippen LogP contribution >= 0.6 is 0 Å². The van der Waals surface area contributed by atoms with Crippen molar-refractivity contribution in [3.63, 3.8) is 0 Å². The standard InChI is InChI=1S/C27H28BN7O4/c1-39-19-2-3-21-16(12-19)6-11-35(27(38)32-21)18-7-9-34(10-8-18)24(37)5-4-23(36)17-13-20(28)25-22(14-17)31-26(33-25)30-15-29/h2-3,12-14,18H,4-11H2,1H3,(H,32,38)(H2,30,31,33). The van der Waals surface area contributed by atoms with Crippen LogP contribution in [0, 0.1) is 11.5 Å². The van der Waals surface area contributed by atoms with Gasteiger partial charge in [-0.2, -0.15) is 5.26 Å². The van der Waals surface area contributed by atoms with Gasteiger partial charge in [0, 0.05) is 49.8 Å². The van der Waals surface area contributed by atoms with Crippen molar-refractivity contribution in [1.29, 1.82) is 5.26 Å². The van der Waals surface area contributed by atoms with E-state index in [4.69, 9.17) is 17.8 Å². The minimum Gasteiger partial charge on any atom is -0.497 e. The summed E-state index contributed by atoms with van der Waals surface area (Å²) in [6, 6.07) is 8.72. The first-order valence-electron chi connectivity index (χ1n) is 12.9. The number of urea groups is 1. The van der Waals surface area contributed by atoms with Crippen LogP contribution in [0.5, 0.6) is 5.75 Å². The second-order valence-electron chi connectivity index (χ2n) is 9.72. The number of imidazole rings is 1. The molecule has 0 atom stereocenters. The number of methoxy groups -OCH3 is 1. The first kappa shape index (κ1) is 26.1. The van der Waals surface area contributed by atoms with Gasteiger partial charge in [-0.25, -0.2) is 9.78 Å². The highest BCUT2D eigenvalue weighted by Gasteiger charge is 2.31. The van der Waals surface area contributed by atoms with E-state index in [1.54, 1.807) is 24.3 Å². The number of fused-ring (bicyclic) bond motifs is 2. The van der Waals surface area contributed by atoms with E-state index < -0.39 is 0 Å². The Kier molecular flexibility index (Phi) is 7.41. The zero-order chi connectivity index (χ0) is 27.5. The number of ether oxygens (including phenoxy) is 1. The van der Waals surface area contributed by atoms with Gasteiger partial charge in [-0.1, -0.05) is 11.5 Å². The molecule has 0 bridgehead atoms. The summed E-state index contributed by atoms with van der Waals surface area (Å²) in [6.07, 6.45) is 4.00. The predicted molar refractivity (Wildman–Crippen MR) is 146 cm³/mol. The Morgan fingerprint density at radius 2 is 2.00 bits per heavy atom. The van der Waals surface area contributed by atoms with Gasteiger partial charge in [-0.05, 0) is 49.1 Å².